The van der Waals surface area contributed by atoms with E-state index in [1.807, 2.05) is 0 Å². The molecule has 0 heterocycles. The molecule has 1 atom stereocenters. The summed E-state index contributed by atoms with van der Waals surface area (Å²) < 4.78 is 43.0. The summed E-state index contributed by atoms with van der Waals surface area (Å²) in [6.45, 7) is -0.326. The Morgan fingerprint density at radius 2 is 2.11 bits per heavy atom. The van der Waals surface area contributed by atoms with Gasteiger partial charge in [-0.25, -0.2) is 13.2 Å². The van der Waals surface area contributed by atoms with Crippen LogP contribution in [0.4, 0.5) is 13.2 Å². The number of hydrogen-bond donors (Lipinski definition) is 1. The molecule has 1 rings (SSSR count). The first kappa shape index (κ1) is 16.5. The van der Waals surface area contributed by atoms with Crippen molar-refractivity contribution < 1.29 is 17.9 Å². The Morgan fingerprint density at radius 3 is 2.74 bits per heavy atom. The molecule has 0 bridgehead atoms. The van der Waals surface area contributed by atoms with Crippen molar-refractivity contribution in [3.63, 3.8) is 0 Å². The van der Waals surface area contributed by atoms with Crippen molar-refractivity contribution in [2.24, 2.45) is 0 Å². The molecular formula is C13H17BrF3NO. The molecule has 0 aliphatic carbocycles. The molecule has 0 radical (unpaired) electrons. The number of rotatable bonds is 8. The van der Waals surface area contributed by atoms with E-state index in [0.717, 1.165) is 4.47 Å². The van der Waals surface area contributed by atoms with Gasteiger partial charge in [-0.1, -0.05) is 15.9 Å². The lowest BCUT2D eigenvalue weighted by molar-refractivity contribution is 0.0146. The zero-order chi connectivity index (χ0) is 14.3. The van der Waals surface area contributed by atoms with E-state index in [-0.39, 0.29) is 18.5 Å². The summed E-state index contributed by atoms with van der Waals surface area (Å²) >= 11 is 3.29. The molecule has 1 aromatic rings. The van der Waals surface area contributed by atoms with Crippen molar-refractivity contribution in [2.45, 2.75) is 25.3 Å². The number of halogens is 4. The lowest BCUT2D eigenvalue weighted by atomic mass is 10.0. The average Bonchev–Trinajstić information content (AvgIpc) is 2.37. The second-order valence-corrected chi connectivity index (χ2v) is 5.10. The summed E-state index contributed by atoms with van der Waals surface area (Å²) in [5.74, 6) is -0.267. The number of ether oxygens (including phenoxy) is 1. The molecule has 1 unspecified atom stereocenters. The second kappa shape index (κ2) is 8.55. The van der Waals surface area contributed by atoms with Gasteiger partial charge in [-0.05, 0) is 43.7 Å². The highest BCUT2D eigenvalue weighted by Crippen LogP contribution is 2.17. The Labute approximate surface area is 119 Å². The van der Waals surface area contributed by atoms with Crippen LogP contribution in [0.3, 0.4) is 0 Å². The van der Waals surface area contributed by atoms with E-state index in [4.69, 9.17) is 4.74 Å². The molecule has 0 aliphatic rings. The van der Waals surface area contributed by atoms with Crippen LogP contribution in [-0.2, 0) is 11.2 Å². The number of hydrogen-bond acceptors (Lipinski definition) is 2. The SMILES string of the molecule is CNC(CCOCC(F)F)Cc1cc(Br)ccc1F. The van der Waals surface area contributed by atoms with Gasteiger partial charge in [0.15, 0.2) is 0 Å². The first-order chi connectivity index (χ1) is 9.02. The fraction of sp³-hybridized carbons (Fsp3) is 0.538. The van der Waals surface area contributed by atoms with Crippen molar-refractivity contribution in [3.05, 3.63) is 34.1 Å². The first-order valence-electron chi connectivity index (χ1n) is 6.00. The van der Waals surface area contributed by atoms with E-state index in [1.165, 1.54) is 6.07 Å². The molecule has 0 saturated heterocycles. The van der Waals surface area contributed by atoms with Crippen LogP contribution in [0, 0.1) is 5.82 Å². The number of alkyl halides is 2. The fourth-order valence-electron chi connectivity index (χ4n) is 1.71. The van der Waals surface area contributed by atoms with Crippen LogP contribution in [0.1, 0.15) is 12.0 Å². The minimum atomic E-state index is -2.45. The highest BCUT2D eigenvalue weighted by atomic mass is 79.9. The Hall–Kier alpha value is -0.590. The van der Waals surface area contributed by atoms with E-state index in [2.05, 4.69) is 21.2 Å². The Bertz CT molecular complexity index is 390. The van der Waals surface area contributed by atoms with E-state index in [1.54, 1.807) is 19.2 Å². The summed E-state index contributed by atoms with van der Waals surface area (Å²) in [5, 5.41) is 3.04. The predicted octanol–water partition coefficient (Wildman–Crippen LogP) is 3.39. The van der Waals surface area contributed by atoms with Crippen molar-refractivity contribution >= 4 is 15.9 Å². The van der Waals surface area contributed by atoms with Gasteiger partial charge in [0.2, 0.25) is 0 Å². The maximum atomic E-state index is 13.6. The summed E-state index contributed by atoms with van der Waals surface area (Å²) in [7, 11) is 1.76. The highest BCUT2D eigenvalue weighted by molar-refractivity contribution is 9.10. The normalized spacial score (nSPS) is 12.9. The van der Waals surface area contributed by atoms with Crippen molar-refractivity contribution in [2.75, 3.05) is 20.3 Å². The van der Waals surface area contributed by atoms with Gasteiger partial charge in [-0.3, -0.25) is 0 Å². The minimum absolute atomic E-state index is 0.0125. The summed E-state index contributed by atoms with van der Waals surface area (Å²) in [5.41, 5.74) is 0.586. The van der Waals surface area contributed by atoms with Gasteiger partial charge in [0.05, 0.1) is 0 Å². The van der Waals surface area contributed by atoms with E-state index in [0.29, 0.717) is 18.4 Å². The molecule has 0 saturated carbocycles. The van der Waals surface area contributed by atoms with Gasteiger partial charge in [-0.2, -0.15) is 0 Å². The molecule has 108 valence electrons. The van der Waals surface area contributed by atoms with Crippen LogP contribution in [0.2, 0.25) is 0 Å². The molecule has 0 amide bonds. The summed E-state index contributed by atoms with van der Waals surface area (Å²) in [6.07, 6.45) is -1.41. The smallest absolute Gasteiger partial charge is 0.261 e. The van der Waals surface area contributed by atoms with Crippen LogP contribution < -0.4 is 5.32 Å². The maximum absolute atomic E-state index is 13.6. The van der Waals surface area contributed by atoms with Crippen LogP contribution in [0.5, 0.6) is 0 Å². The Balaban J connectivity index is 2.45. The standard InChI is InChI=1S/C13H17BrF3NO/c1-18-11(4-5-19-8-13(16)17)7-9-6-10(14)2-3-12(9)15/h2-3,6,11,13,18H,4-5,7-8H2,1H3. The third kappa shape index (κ3) is 6.40. The molecule has 6 heteroatoms. The van der Waals surface area contributed by atoms with Crippen LogP contribution >= 0.6 is 15.9 Å². The average molecular weight is 340 g/mol. The topological polar surface area (TPSA) is 21.3 Å². The Kier molecular flexibility index (Phi) is 7.41. The van der Waals surface area contributed by atoms with E-state index >= 15 is 0 Å². The monoisotopic (exact) mass is 339 g/mol. The van der Waals surface area contributed by atoms with Crippen LogP contribution in [-0.4, -0.2) is 32.7 Å². The number of likely N-dealkylation sites (N-methyl/N-ethyl adjacent to an activating group) is 1. The largest absolute Gasteiger partial charge is 0.375 e. The van der Waals surface area contributed by atoms with Gasteiger partial charge in [0, 0.05) is 17.1 Å². The molecule has 2 nitrogen and oxygen atoms in total. The predicted molar refractivity (Wildman–Crippen MR) is 72.1 cm³/mol. The second-order valence-electron chi connectivity index (χ2n) is 4.18. The molecule has 0 fully saturated rings. The highest BCUT2D eigenvalue weighted by Gasteiger charge is 2.12. The lowest BCUT2D eigenvalue weighted by Crippen LogP contribution is -2.29. The molecule has 0 spiro atoms. The Morgan fingerprint density at radius 1 is 1.37 bits per heavy atom. The molecule has 0 aliphatic heterocycles. The third-order valence-corrected chi connectivity index (χ3v) is 3.23. The molecule has 1 N–H and O–H groups in total. The quantitative estimate of drug-likeness (QED) is 0.733. The van der Waals surface area contributed by atoms with Gasteiger partial charge >= 0.3 is 0 Å². The maximum Gasteiger partial charge on any atom is 0.261 e. The zero-order valence-corrected chi connectivity index (χ0v) is 12.2. The van der Waals surface area contributed by atoms with E-state index < -0.39 is 13.0 Å². The lowest BCUT2D eigenvalue weighted by Gasteiger charge is -2.17. The number of nitrogens with one attached hydrogen (secondary N) is 1. The zero-order valence-electron chi connectivity index (χ0n) is 10.6. The van der Waals surface area contributed by atoms with Crippen molar-refractivity contribution in [1.29, 1.82) is 0 Å². The summed E-state index contributed by atoms with van der Waals surface area (Å²) in [4.78, 5) is 0. The van der Waals surface area contributed by atoms with Crippen LogP contribution in [0.15, 0.2) is 22.7 Å². The molecular weight excluding hydrogens is 323 g/mol. The fourth-order valence-corrected chi connectivity index (χ4v) is 2.12. The third-order valence-electron chi connectivity index (χ3n) is 2.74. The van der Waals surface area contributed by atoms with Crippen LogP contribution in [0.25, 0.3) is 0 Å². The number of benzene rings is 1. The first-order valence-corrected chi connectivity index (χ1v) is 6.79. The van der Waals surface area contributed by atoms with Gasteiger partial charge in [0.1, 0.15) is 12.4 Å². The summed E-state index contributed by atoms with van der Waals surface area (Å²) in [6, 6.07) is 4.75. The van der Waals surface area contributed by atoms with Crippen molar-refractivity contribution in [1.82, 2.24) is 5.32 Å². The minimum Gasteiger partial charge on any atom is -0.375 e. The van der Waals surface area contributed by atoms with Gasteiger partial charge < -0.3 is 10.1 Å². The molecule has 19 heavy (non-hydrogen) atoms. The van der Waals surface area contributed by atoms with Gasteiger partial charge in [0.25, 0.3) is 6.43 Å². The molecule has 1 aromatic carbocycles. The molecule has 0 aromatic heterocycles. The van der Waals surface area contributed by atoms with Crippen molar-refractivity contribution in [3.8, 4) is 0 Å². The van der Waals surface area contributed by atoms with Gasteiger partial charge in [-0.15, -0.1) is 0 Å². The van der Waals surface area contributed by atoms with E-state index in [9.17, 15) is 13.2 Å².